The molecule has 2 rings (SSSR count). The van der Waals surface area contributed by atoms with Gasteiger partial charge in [-0.1, -0.05) is 13.3 Å². The molecule has 0 bridgehead atoms. The van der Waals surface area contributed by atoms with Crippen LogP contribution in [0.25, 0.3) is 0 Å². The molecule has 0 spiro atoms. The molecule has 0 aliphatic carbocycles. The smallest absolute Gasteiger partial charge is 0.220 e. The number of hydrogen-bond acceptors (Lipinski definition) is 4. The third kappa shape index (κ3) is 4.87. The van der Waals surface area contributed by atoms with Crippen molar-refractivity contribution in [2.45, 2.75) is 51.5 Å². The quantitative estimate of drug-likeness (QED) is 0.841. The van der Waals surface area contributed by atoms with Gasteiger partial charge in [-0.15, -0.1) is 11.3 Å². The van der Waals surface area contributed by atoms with Crippen molar-refractivity contribution < 1.29 is 4.79 Å². The minimum absolute atomic E-state index is 0.0810. The van der Waals surface area contributed by atoms with E-state index in [2.05, 4.69) is 22.1 Å². The zero-order valence-electron chi connectivity index (χ0n) is 12.3. The molecule has 0 radical (unpaired) electrons. The van der Waals surface area contributed by atoms with Gasteiger partial charge in [0.15, 0.2) is 0 Å². The van der Waals surface area contributed by atoms with Crippen LogP contribution in [0.5, 0.6) is 0 Å². The number of carbonyl (C=O) groups is 1. The SMILES string of the molecule is CC[C@@H](NC(=O)CCCN1CCCCC1)c1nccs1. The Morgan fingerprint density at radius 2 is 2.25 bits per heavy atom. The van der Waals surface area contributed by atoms with Crippen molar-refractivity contribution in [1.82, 2.24) is 15.2 Å². The van der Waals surface area contributed by atoms with E-state index >= 15 is 0 Å². The van der Waals surface area contributed by atoms with Gasteiger partial charge < -0.3 is 10.2 Å². The number of rotatable bonds is 7. The van der Waals surface area contributed by atoms with E-state index in [1.807, 2.05) is 5.38 Å². The molecule has 5 heteroatoms. The van der Waals surface area contributed by atoms with Crippen LogP contribution in [0.3, 0.4) is 0 Å². The maximum absolute atomic E-state index is 12.0. The summed E-state index contributed by atoms with van der Waals surface area (Å²) < 4.78 is 0. The second kappa shape index (κ2) is 8.37. The number of aromatic nitrogens is 1. The first kappa shape index (κ1) is 15.4. The Hall–Kier alpha value is -0.940. The average molecular weight is 295 g/mol. The van der Waals surface area contributed by atoms with Gasteiger partial charge in [0, 0.05) is 18.0 Å². The summed E-state index contributed by atoms with van der Waals surface area (Å²) in [4.78, 5) is 18.8. The van der Waals surface area contributed by atoms with Crippen molar-refractivity contribution in [3.63, 3.8) is 0 Å². The fourth-order valence-corrected chi connectivity index (χ4v) is 3.43. The minimum Gasteiger partial charge on any atom is -0.347 e. The Morgan fingerprint density at radius 1 is 1.45 bits per heavy atom. The first-order valence-electron chi connectivity index (χ1n) is 7.70. The van der Waals surface area contributed by atoms with Crippen molar-refractivity contribution in [1.29, 1.82) is 0 Å². The van der Waals surface area contributed by atoms with Gasteiger partial charge >= 0.3 is 0 Å². The molecule has 1 aromatic rings. The van der Waals surface area contributed by atoms with Crippen molar-refractivity contribution in [3.05, 3.63) is 16.6 Å². The maximum atomic E-state index is 12.0. The summed E-state index contributed by atoms with van der Waals surface area (Å²) in [5.74, 6) is 0.157. The van der Waals surface area contributed by atoms with E-state index in [0.717, 1.165) is 24.4 Å². The van der Waals surface area contributed by atoms with Gasteiger partial charge in [0.2, 0.25) is 5.91 Å². The number of piperidine rings is 1. The van der Waals surface area contributed by atoms with Crippen LogP contribution < -0.4 is 5.32 Å². The average Bonchev–Trinajstić information content (AvgIpc) is 3.00. The monoisotopic (exact) mass is 295 g/mol. The van der Waals surface area contributed by atoms with E-state index in [-0.39, 0.29) is 11.9 Å². The van der Waals surface area contributed by atoms with Crippen LogP contribution in [-0.2, 0) is 4.79 Å². The number of thiazole rings is 1. The second-order valence-corrected chi connectivity index (χ2v) is 6.33. The van der Waals surface area contributed by atoms with E-state index in [1.165, 1.54) is 32.4 Å². The Kier molecular flexibility index (Phi) is 6.47. The predicted molar refractivity (Wildman–Crippen MR) is 82.8 cm³/mol. The number of hydrogen-bond donors (Lipinski definition) is 1. The highest BCUT2D eigenvalue weighted by molar-refractivity contribution is 7.09. The van der Waals surface area contributed by atoms with Crippen LogP contribution in [0.4, 0.5) is 0 Å². The van der Waals surface area contributed by atoms with E-state index in [0.29, 0.717) is 6.42 Å². The van der Waals surface area contributed by atoms with Gasteiger partial charge in [0.1, 0.15) is 5.01 Å². The minimum atomic E-state index is 0.0810. The van der Waals surface area contributed by atoms with Gasteiger partial charge in [0.25, 0.3) is 0 Å². The zero-order chi connectivity index (χ0) is 14.2. The van der Waals surface area contributed by atoms with E-state index < -0.39 is 0 Å². The van der Waals surface area contributed by atoms with Gasteiger partial charge in [-0.2, -0.15) is 0 Å². The fraction of sp³-hybridized carbons (Fsp3) is 0.733. The summed E-state index contributed by atoms with van der Waals surface area (Å²) in [6.45, 7) is 5.55. The summed E-state index contributed by atoms with van der Waals surface area (Å²) in [5, 5.41) is 6.07. The van der Waals surface area contributed by atoms with Crippen molar-refractivity contribution in [3.8, 4) is 0 Å². The van der Waals surface area contributed by atoms with Gasteiger partial charge in [0.05, 0.1) is 6.04 Å². The molecule has 112 valence electrons. The zero-order valence-corrected chi connectivity index (χ0v) is 13.1. The van der Waals surface area contributed by atoms with Crippen LogP contribution in [-0.4, -0.2) is 35.4 Å². The van der Waals surface area contributed by atoms with Gasteiger partial charge in [-0.3, -0.25) is 4.79 Å². The first-order chi connectivity index (χ1) is 9.79. The predicted octanol–water partition coefficient (Wildman–Crippen LogP) is 2.98. The van der Waals surface area contributed by atoms with E-state index in [9.17, 15) is 4.79 Å². The first-order valence-corrected chi connectivity index (χ1v) is 8.58. The molecule has 0 saturated carbocycles. The molecule has 1 N–H and O–H groups in total. The Morgan fingerprint density at radius 3 is 2.90 bits per heavy atom. The summed E-state index contributed by atoms with van der Waals surface area (Å²) in [7, 11) is 0. The molecule has 1 saturated heterocycles. The number of nitrogens with one attached hydrogen (secondary N) is 1. The van der Waals surface area contributed by atoms with Crippen molar-refractivity contribution in [2.24, 2.45) is 0 Å². The summed E-state index contributed by atoms with van der Waals surface area (Å²) in [5.41, 5.74) is 0. The number of likely N-dealkylation sites (tertiary alicyclic amines) is 1. The van der Waals surface area contributed by atoms with Crippen molar-refractivity contribution in [2.75, 3.05) is 19.6 Å². The topological polar surface area (TPSA) is 45.2 Å². The van der Waals surface area contributed by atoms with E-state index in [1.54, 1.807) is 17.5 Å². The highest BCUT2D eigenvalue weighted by Gasteiger charge is 2.15. The molecular weight excluding hydrogens is 270 g/mol. The van der Waals surface area contributed by atoms with Crippen LogP contribution in [0.15, 0.2) is 11.6 Å². The molecule has 1 aromatic heterocycles. The Bertz CT molecular complexity index is 388. The molecule has 0 aromatic carbocycles. The molecule has 20 heavy (non-hydrogen) atoms. The highest BCUT2D eigenvalue weighted by atomic mass is 32.1. The molecular formula is C15H25N3OS. The Labute approximate surface area is 125 Å². The fourth-order valence-electron chi connectivity index (χ4n) is 2.66. The lowest BCUT2D eigenvalue weighted by atomic mass is 10.1. The normalized spacial score (nSPS) is 17.9. The number of amides is 1. The van der Waals surface area contributed by atoms with Crippen LogP contribution >= 0.6 is 11.3 Å². The standard InChI is InChI=1S/C15H25N3OS/c1-2-13(15-16-8-12-20-15)17-14(19)7-6-11-18-9-4-3-5-10-18/h8,12-13H,2-7,9-11H2,1H3,(H,17,19)/t13-/m1/s1. The molecule has 1 atom stereocenters. The summed E-state index contributed by atoms with van der Waals surface area (Å²) in [6.07, 6.45) is 8.26. The summed E-state index contributed by atoms with van der Waals surface area (Å²) >= 11 is 1.61. The lowest BCUT2D eigenvalue weighted by molar-refractivity contribution is -0.122. The third-order valence-corrected chi connectivity index (χ3v) is 4.71. The van der Waals surface area contributed by atoms with Gasteiger partial charge in [-0.05, 0) is 45.3 Å². The number of nitrogens with zero attached hydrogens (tertiary/aromatic N) is 2. The Balaban J connectivity index is 1.66. The molecule has 1 aliphatic heterocycles. The summed E-state index contributed by atoms with van der Waals surface area (Å²) in [6, 6.07) is 0.0810. The largest absolute Gasteiger partial charge is 0.347 e. The molecule has 4 nitrogen and oxygen atoms in total. The second-order valence-electron chi connectivity index (χ2n) is 5.40. The highest BCUT2D eigenvalue weighted by Crippen LogP contribution is 2.19. The van der Waals surface area contributed by atoms with Gasteiger partial charge in [-0.25, -0.2) is 4.98 Å². The van der Waals surface area contributed by atoms with Crippen LogP contribution in [0, 0.1) is 0 Å². The van der Waals surface area contributed by atoms with E-state index in [4.69, 9.17) is 0 Å². The van der Waals surface area contributed by atoms with Crippen LogP contribution in [0.2, 0.25) is 0 Å². The maximum Gasteiger partial charge on any atom is 0.220 e. The molecule has 1 aliphatic rings. The molecule has 1 amide bonds. The van der Waals surface area contributed by atoms with Crippen LogP contribution in [0.1, 0.15) is 56.5 Å². The molecule has 1 fully saturated rings. The third-order valence-electron chi connectivity index (χ3n) is 3.82. The molecule has 0 unspecified atom stereocenters. The van der Waals surface area contributed by atoms with Crippen molar-refractivity contribution >= 4 is 17.2 Å². The lowest BCUT2D eigenvalue weighted by Gasteiger charge is -2.26. The lowest BCUT2D eigenvalue weighted by Crippen LogP contribution is -2.32. The molecule has 2 heterocycles. The number of carbonyl (C=O) groups excluding carboxylic acids is 1.